The molecular formula is C24H30N2O5S2. The number of aliphatic hydroxyl groups is 2. The summed E-state index contributed by atoms with van der Waals surface area (Å²) in [6.07, 6.45) is 6.50. The lowest BCUT2D eigenvalue weighted by atomic mass is 9.98. The van der Waals surface area contributed by atoms with E-state index in [-0.39, 0.29) is 11.2 Å². The van der Waals surface area contributed by atoms with Gasteiger partial charge in [0.2, 0.25) is 0 Å². The fraction of sp³-hybridized carbons (Fsp3) is 0.500. The van der Waals surface area contributed by atoms with E-state index >= 15 is 0 Å². The number of hydrogen-bond acceptors (Lipinski definition) is 7. The number of aromatic nitrogens is 1. The van der Waals surface area contributed by atoms with Crippen molar-refractivity contribution in [2.45, 2.75) is 74.2 Å². The summed E-state index contributed by atoms with van der Waals surface area (Å²) < 4.78 is 25.0. The molecule has 2 saturated carbocycles. The molecular weight excluding hydrogens is 460 g/mol. The lowest BCUT2D eigenvalue weighted by Crippen LogP contribution is -2.28. The van der Waals surface area contributed by atoms with Crippen molar-refractivity contribution in [3.8, 4) is 0 Å². The first-order chi connectivity index (χ1) is 15.6. The summed E-state index contributed by atoms with van der Waals surface area (Å²) in [5.41, 5.74) is 0.0732. The van der Waals surface area contributed by atoms with Crippen LogP contribution in [0.15, 0.2) is 40.6 Å². The number of rotatable bonds is 8. The summed E-state index contributed by atoms with van der Waals surface area (Å²) in [7, 11) is -3.29. The zero-order valence-corrected chi connectivity index (χ0v) is 20.5. The van der Waals surface area contributed by atoms with Crippen molar-refractivity contribution in [2.75, 3.05) is 5.32 Å². The molecule has 0 aliphatic heterocycles. The van der Waals surface area contributed by atoms with Gasteiger partial charge in [-0.25, -0.2) is 13.4 Å². The Balaban J connectivity index is 1.57. The molecule has 178 valence electrons. The van der Waals surface area contributed by atoms with Gasteiger partial charge < -0.3 is 10.2 Å². The molecule has 1 aromatic carbocycles. The predicted octanol–water partition coefficient (Wildman–Crippen LogP) is 4.10. The maximum atomic E-state index is 13.2. The number of amides is 1. The van der Waals surface area contributed by atoms with Gasteiger partial charge in [0.05, 0.1) is 21.4 Å². The molecule has 1 heterocycles. The molecule has 2 fully saturated rings. The highest BCUT2D eigenvalue weighted by Crippen LogP contribution is 2.35. The van der Waals surface area contributed by atoms with Crippen LogP contribution in [0.25, 0.3) is 5.57 Å². The van der Waals surface area contributed by atoms with E-state index in [9.17, 15) is 23.4 Å². The van der Waals surface area contributed by atoms with Gasteiger partial charge in [-0.2, -0.15) is 0 Å². The third-order valence-electron chi connectivity index (χ3n) is 6.20. The molecule has 33 heavy (non-hydrogen) atoms. The first-order valence-electron chi connectivity index (χ1n) is 11.3. The van der Waals surface area contributed by atoms with E-state index in [2.05, 4.69) is 10.3 Å². The highest BCUT2D eigenvalue weighted by atomic mass is 32.2. The van der Waals surface area contributed by atoms with Gasteiger partial charge in [-0.05, 0) is 63.1 Å². The fourth-order valence-electron chi connectivity index (χ4n) is 4.05. The van der Waals surface area contributed by atoms with E-state index in [0.717, 1.165) is 25.7 Å². The Morgan fingerprint density at radius 1 is 1.18 bits per heavy atom. The summed E-state index contributed by atoms with van der Waals surface area (Å²) in [4.78, 5) is 17.8. The molecule has 4 rings (SSSR count). The van der Waals surface area contributed by atoms with Crippen LogP contribution < -0.4 is 5.32 Å². The predicted molar refractivity (Wildman–Crippen MR) is 129 cm³/mol. The Bertz CT molecular complexity index is 1140. The highest BCUT2D eigenvalue weighted by molar-refractivity contribution is 7.92. The van der Waals surface area contributed by atoms with Crippen molar-refractivity contribution >= 4 is 37.8 Å². The second-order valence-corrected chi connectivity index (χ2v) is 12.6. The summed E-state index contributed by atoms with van der Waals surface area (Å²) >= 11 is 1.17. The normalized spacial score (nSPS) is 19.0. The summed E-state index contributed by atoms with van der Waals surface area (Å²) in [6.45, 7) is 2.98. The number of nitrogens with zero attached hydrogens (tertiary/aromatic N) is 1. The molecule has 3 N–H and O–H groups in total. The van der Waals surface area contributed by atoms with Crippen LogP contribution in [0.4, 0.5) is 5.13 Å². The summed E-state index contributed by atoms with van der Waals surface area (Å²) in [5, 5.41) is 24.7. The molecule has 0 bridgehead atoms. The van der Waals surface area contributed by atoms with Gasteiger partial charge >= 0.3 is 0 Å². The van der Waals surface area contributed by atoms with Crippen molar-refractivity contribution < 1.29 is 23.4 Å². The fourth-order valence-corrected chi connectivity index (χ4v) is 6.43. The van der Waals surface area contributed by atoms with E-state index in [0.29, 0.717) is 45.6 Å². The Hall–Kier alpha value is -2.07. The lowest BCUT2D eigenvalue weighted by Gasteiger charge is -2.22. The number of carbonyl (C=O) groups excluding carboxylic acids is 1. The Morgan fingerprint density at radius 3 is 2.39 bits per heavy atom. The van der Waals surface area contributed by atoms with Crippen LogP contribution in [0.3, 0.4) is 0 Å². The monoisotopic (exact) mass is 490 g/mol. The number of aliphatic hydroxyl groups excluding tert-OH is 1. The first kappa shape index (κ1) is 24.1. The van der Waals surface area contributed by atoms with Gasteiger partial charge in [0.15, 0.2) is 15.0 Å². The lowest BCUT2D eigenvalue weighted by molar-refractivity contribution is -0.111. The van der Waals surface area contributed by atoms with Gasteiger partial charge in [-0.1, -0.05) is 31.1 Å². The molecule has 0 radical (unpaired) electrons. The largest absolute Gasteiger partial charge is 0.387 e. The third kappa shape index (κ3) is 5.54. The number of nitrogens with one attached hydrogen (secondary N) is 1. The third-order valence-corrected chi connectivity index (χ3v) is 9.25. The first-order valence-corrected chi connectivity index (χ1v) is 13.7. The van der Waals surface area contributed by atoms with Gasteiger partial charge in [0.25, 0.3) is 5.91 Å². The molecule has 2 aliphatic carbocycles. The van der Waals surface area contributed by atoms with Crippen LogP contribution in [-0.4, -0.2) is 40.4 Å². The van der Waals surface area contributed by atoms with Crippen molar-refractivity contribution in [1.29, 1.82) is 0 Å². The van der Waals surface area contributed by atoms with E-state index in [1.54, 1.807) is 29.6 Å². The minimum Gasteiger partial charge on any atom is -0.387 e. The number of sulfone groups is 1. The zero-order valence-electron chi connectivity index (χ0n) is 18.8. The van der Waals surface area contributed by atoms with Crippen LogP contribution in [-0.2, 0) is 14.6 Å². The van der Waals surface area contributed by atoms with Crippen molar-refractivity contribution in [3.63, 3.8) is 0 Å². The van der Waals surface area contributed by atoms with Gasteiger partial charge in [-0.15, -0.1) is 11.3 Å². The van der Waals surface area contributed by atoms with Crippen molar-refractivity contribution in [2.24, 2.45) is 5.92 Å². The Morgan fingerprint density at radius 2 is 1.82 bits per heavy atom. The molecule has 2 aliphatic rings. The maximum Gasteiger partial charge on any atom is 0.257 e. The number of benzene rings is 1. The highest BCUT2D eigenvalue weighted by Gasteiger charge is 2.36. The molecule has 7 nitrogen and oxygen atoms in total. The number of allylic oxidation sites excluding steroid dienone is 1. The zero-order chi connectivity index (χ0) is 23.8. The summed E-state index contributed by atoms with van der Waals surface area (Å²) in [6, 6.07) is 6.56. The second kappa shape index (κ2) is 9.29. The van der Waals surface area contributed by atoms with Crippen LogP contribution >= 0.6 is 11.3 Å². The Kier molecular flexibility index (Phi) is 6.77. The molecule has 0 spiro atoms. The molecule has 1 unspecified atom stereocenters. The SMILES string of the molecule is CC(C)(O)C(O)c1csc(NC(=O)C(=CC2CCCC2)c2ccc(S(=O)(=O)C3CC3)cc2)n1. The van der Waals surface area contributed by atoms with E-state index < -0.39 is 21.5 Å². The van der Waals surface area contributed by atoms with Crippen molar-refractivity contribution in [1.82, 2.24) is 4.98 Å². The van der Waals surface area contributed by atoms with Crippen LogP contribution in [0.5, 0.6) is 0 Å². The molecule has 9 heteroatoms. The topological polar surface area (TPSA) is 117 Å². The number of carbonyl (C=O) groups is 1. The standard InChI is InChI=1S/C24H30N2O5S2/c1-24(2,29)21(27)20-14-32-23(25-20)26-22(28)19(13-15-5-3-4-6-15)16-7-9-17(10-8-16)33(30,31)18-11-12-18/h7-10,13-15,18,21,27,29H,3-6,11-12H2,1-2H3,(H,25,26,28). The number of hydrogen-bond donors (Lipinski definition) is 3. The summed E-state index contributed by atoms with van der Waals surface area (Å²) in [5.74, 6) is -0.0390. The molecule has 1 atom stereocenters. The Labute approximate surface area is 198 Å². The average Bonchev–Trinajstić information content (AvgIpc) is 3.33. The second-order valence-electron chi connectivity index (χ2n) is 9.48. The minimum atomic E-state index is -3.29. The molecule has 2 aromatic rings. The minimum absolute atomic E-state index is 0.279. The smallest absolute Gasteiger partial charge is 0.257 e. The van der Waals surface area contributed by atoms with Crippen molar-refractivity contribution in [3.05, 3.63) is 47.0 Å². The molecule has 1 aromatic heterocycles. The van der Waals surface area contributed by atoms with Gasteiger partial charge in [-0.3, -0.25) is 10.1 Å². The molecule has 0 saturated heterocycles. The van der Waals surface area contributed by atoms with Crippen LogP contribution in [0, 0.1) is 5.92 Å². The van der Waals surface area contributed by atoms with E-state index in [4.69, 9.17) is 0 Å². The number of anilines is 1. The number of thiazole rings is 1. The quantitative estimate of drug-likeness (QED) is 0.480. The molecule has 1 amide bonds. The van der Waals surface area contributed by atoms with Gasteiger partial charge in [0, 0.05) is 11.0 Å². The van der Waals surface area contributed by atoms with E-state index in [1.807, 2.05) is 6.08 Å². The van der Waals surface area contributed by atoms with Gasteiger partial charge in [0.1, 0.15) is 6.10 Å². The average molecular weight is 491 g/mol. The maximum absolute atomic E-state index is 13.2. The van der Waals surface area contributed by atoms with Crippen LogP contribution in [0.1, 0.15) is 69.7 Å². The van der Waals surface area contributed by atoms with E-state index in [1.165, 1.54) is 25.2 Å². The van der Waals surface area contributed by atoms with Crippen LogP contribution in [0.2, 0.25) is 0 Å².